The Balaban J connectivity index is 3.87. The summed E-state index contributed by atoms with van der Waals surface area (Å²) in [6, 6.07) is 1.15. The van der Waals surface area contributed by atoms with E-state index in [1.165, 1.54) is 0 Å². The van der Waals surface area contributed by atoms with Gasteiger partial charge in [-0.25, -0.2) is 22.3 Å². The summed E-state index contributed by atoms with van der Waals surface area (Å²) in [5.74, 6) is -1.15. The molecule has 0 atom stereocenters. The summed E-state index contributed by atoms with van der Waals surface area (Å²) >= 11 is 0. The van der Waals surface area contributed by atoms with Gasteiger partial charge in [0.2, 0.25) is 10.0 Å². The van der Waals surface area contributed by atoms with Crippen molar-refractivity contribution in [3.63, 3.8) is 0 Å². The van der Waals surface area contributed by atoms with Gasteiger partial charge in [0.15, 0.2) is 11.8 Å². The highest BCUT2D eigenvalue weighted by molar-refractivity contribution is 7.89. The van der Waals surface area contributed by atoms with Crippen molar-refractivity contribution in [2.24, 2.45) is 5.14 Å². The maximum Gasteiger partial charge on any atom is 0.382 e. The maximum absolute atomic E-state index is 12.6. The van der Waals surface area contributed by atoms with E-state index in [1.54, 1.807) is 0 Å². The number of halogens is 2. The lowest BCUT2D eigenvalue weighted by atomic mass is 10.2. The smallest absolute Gasteiger partial charge is 0.358 e. The molecule has 0 fully saturated rings. The standard InChI is InChI=1S/C7H4F2N4O4S/c8-6(9)4-2-12-7(13(14)15)3(1-10)5(4)18(11,16)17/h2,6H,(H2,11,16,17). The summed E-state index contributed by atoms with van der Waals surface area (Å²) in [5, 5.41) is 23.8. The Hall–Kier alpha value is -2.19. The van der Waals surface area contributed by atoms with Gasteiger partial charge in [0.25, 0.3) is 6.43 Å². The first-order valence-corrected chi connectivity index (χ1v) is 5.63. The van der Waals surface area contributed by atoms with Crippen molar-refractivity contribution >= 4 is 15.8 Å². The van der Waals surface area contributed by atoms with E-state index in [0.717, 1.165) is 6.07 Å². The maximum atomic E-state index is 12.6. The molecule has 18 heavy (non-hydrogen) atoms. The van der Waals surface area contributed by atoms with Crippen LogP contribution in [0.4, 0.5) is 14.6 Å². The summed E-state index contributed by atoms with van der Waals surface area (Å²) in [7, 11) is -4.72. The predicted molar refractivity (Wildman–Crippen MR) is 51.9 cm³/mol. The number of sulfonamides is 1. The van der Waals surface area contributed by atoms with Gasteiger partial charge >= 0.3 is 5.82 Å². The number of nitrogens with zero attached hydrogens (tertiary/aromatic N) is 3. The fourth-order valence-electron chi connectivity index (χ4n) is 1.20. The van der Waals surface area contributed by atoms with Crippen LogP contribution in [0, 0.1) is 21.4 Å². The summed E-state index contributed by atoms with van der Waals surface area (Å²) in [6.07, 6.45) is -2.98. The normalized spacial score (nSPS) is 11.3. The van der Waals surface area contributed by atoms with Crippen LogP contribution in [-0.2, 0) is 10.0 Å². The lowest BCUT2D eigenvalue weighted by Gasteiger charge is -2.06. The third-order valence-corrected chi connectivity index (χ3v) is 2.85. The van der Waals surface area contributed by atoms with Gasteiger partial charge in [-0.05, 0) is 9.91 Å². The molecular formula is C7H4F2N4O4S. The van der Waals surface area contributed by atoms with Gasteiger partial charge in [-0.15, -0.1) is 0 Å². The molecule has 0 aliphatic rings. The largest absolute Gasteiger partial charge is 0.382 e. The molecule has 96 valence electrons. The second-order valence-corrected chi connectivity index (χ2v) is 4.45. The molecule has 0 aliphatic carbocycles. The number of pyridine rings is 1. The molecule has 1 rings (SSSR count). The number of primary sulfonamides is 1. The number of rotatable bonds is 3. The van der Waals surface area contributed by atoms with Crippen molar-refractivity contribution in [2.45, 2.75) is 11.3 Å². The molecule has 0 aliphatic heterocycles. The van der Waals surface area contributed by atoms with Crippen LogP contribution < -0.4 is 5.14 Å². The van der Waals surface area contributed by atoms with Crippen molar-refractivity contribution in [1.29, 1.82) is 5.26 Å². The molecule has 0 aromatic carbocycles. The van der Waals surface area contributed by atoms with Gasteiger partial charge < -0.3 is 10.1 Å². The van der Waals surface area contributed by atoms with Gasteiger partial charge in [-0.2, -0.15) is 5.26 Å². The van der Waals surface area contributed by atoms with Crippen LogP contribution in [0.2, 0.25) is 0 Å². The molecular weight excluding hydrogens is 274 g/mol. The number of aromatic nitrogens is 1. The minimum atomic E-state index is -4.72. The fraction of sp³-hybridized carbons (Fsp3) is 0.143. The van der Waals surface area contributed by atoms with Crippen molar-refractivity contribution in [3.8, 4) is 6.07 Å². The molecule has 0 unspecified atom stereocenters. The molecule has 0 saturated heterocycles. The highest BCUT2D eigenvalue weighted by Crippen LogP contribution is 2.31. The van der Waals surface area contributed by atoms with Gasteiger partial charge in [0.05, 0.1) is 5.56 Å². The molecule has 1 aromatic rings. The molecule has 0 spiro atoms. The Morgan fingerprint density at radius 1 is 1.56 bits per heavy atom. The first-order chi connectivity index (χ1) is 8.20. The lowest BCUT2D eigenvalue weighted by molar-refractivity contribution is -0.390. The first kappa shape index (κ1) is 13.9. The van der Waals surface area contributed by atoms with E-state index in [4.69, 9.17) is 5.26 Å². The van der Waals surface area contributed by atoms with E-state index >= 15 is 0 Å². The number of nitro groups is 1. The Morgan fingerprint density at radius 2 is 2.11 bits per heavy atom. The van der Waals surface area contributed by atoms with Crippen LogP contribution in [0.1, 0.15) is 17.6 Å². The van der Waals surface area contributed by atoms with Crippen molar-refractivity contribution in [2.75, 3.05) is 0 Å². The van der Waals surface area contributed by atoms with E-state index in [-0.39, 0.29) is 0 Å². The number of nitriles is 1. The average molecular weight is 278 g/mol. The monoisotopic (exact) mass is 278 g/mol. The van der Waals surface area contributed by atoms with E-state index < -0.39 is 43.2 Å². The molecule has 11 heteroatoms. The van der Waals surface area contributed by atoms with Crippen LogP contribution in [0.5, 0.6) is 0 Å². The second kappa shape index (κ2) is 4.59. The molecule has 0 bridgehead atoms. The molecule has 2 N–H and O–H groups in total. The molecule has 1 heterocycles. The first-order valence-electron chi connectivity index (χ1n) is 4.08. The van der Waals surface area contributed by atoms with Gasteiger partial charge in [0, 0.05) is 0 Å². The number of hydrogen-bond donors (Lipinski definition) is 1. The summed E-state index contributed by atoms with van der Waals surface area (Å²) in [4.78, 5) is 11.1. The zero-order chi connectivity index (χ0) is 14.1. The van der Waals surface area contributed by atoms with E-state index in [1.807, 2.05) is 0 Å². The van der Waals surface area contributed by atoms with Crippen molar-refractivity contribution < 1.29 is 22.1 Å². The SMILES string of the molecule is N#Cc1c([N+](=O)[O-])ncc(C(F)F)c1S(N)(=O)=O. The molecule has 0 radical (unpaired) electrons. The van der Waals surface area contributed by atoms with E-state index in [2.05, 4.69) is 10.1 Å². The summed E-state index contributed by atoms with van der Waals surface area (Å²) in [6.45, 7) is 0. The Morgan fingerprint density at radius 3 is 2.44 bits per heavy atom. The van der Waals surface area contributed by atoms with Gasteiger partial charge in [0.1, 0.15) is 11.0 Å². The zero-order valence-corrected chi connectivity index (χ0v) is 9.19. The minimum absolute atomic E-state index is 0.309. The van der Waals surface area contributed by atoms with E-state index in [0.29, 0.717) is 6.20 Å². The highest BCUT2D eigenvalue weighted by Gasteiger charge is 2.32. The van der Waals surface area contributed by atoms with Crippen LogP contribution >= 0.6 is 0 Å². The Bertz CT molecular complexity index is 652. The number of alkyl halides is 2. The van der Waals surface area contributed by atoms with Crippen molar-refractivity contribution in [1.82, 2.24) is 4.98 Å². The Kier molecular flexibility index (Phi) is 3.54. The van der Waals surface area contributed by atoms with Crippen LogP contribution in [0.25, 0.3) is 0 Å². The lowest BCUT2D eigenvalue weighted by Crippen LogP contribution is -2.18. The van der Waals surface area contributed by atoms with Crippen LogP contribution in [0.15, 0.2) is 11.1 Å². The fourth-order valence-corrected chi connectivity index (χ4v) is 2.09. The van der Waals surface area contributed by atoms with Crippen LogP contribution in [-0.4, -0.2) is 18.3 Å². The zero-order valence-electron chi connectivity index (χ0n) is 8.37. The predicted octanol–water partition coefficient (Wildman–Crippen LogP) is 0.446. The summed E-state index contributed by atoms with van der Waals surface area (Å²) < 4.78 is 47.4. The third-order valence-electron chi connectivity index (χ3n) is 1.84. The van der Waals surface area contributed by atoms with Crippen molar-refractivity contribution in [3.05, 3.63) is 27.4 Å². The quantitative estimate of drug-likeness (QED) is 0.628. The Labute approximate surface area is 98.9 Å². The third kappa shape index (κ3) is 2.39. The van der Waals surface area contributed by atoms with Crippen LogP contribution in [0.3, 0.4) is 0 Å². The van der Waals surface area contributed by atoms with Gasteiger partial charge in [-0.3, -0.25) is 0 Å². The second-order valence-electron chi connectivity index (χ2n) is 2.96. The van der Waals surface area contributed by atoms with E-state index in [9.17, 15) is 27.3 Å². The minimum Gasteiger partial charge on any atom is -0.358 e. The number of nitrogens with two attached hydrogens (primary N) is 1. The average Bonchev–Trinajstić information content (AvgIpc) is 2.25. The molecule has 8 nitrogen and oxygen atoms in total. The van der Waals surface area contributed by atoms with Gasteiger partial charge in [-0.1, -0.05) is 0 Å². The number of hydrogen-bond acceptors (Lipinski definition) is 6. The molecule has 0 saturated carbocycles. The molecule has 1 aromatic heterocycles. The molecule has 0 amide bonds. The highest BCUT2D eigenvalue weighted by atomic mass is 32.2. The summed E-state index contributed by atoms with van der Waals surface area (Å²) in [5.41, 5.74) is -2.26. The topological polar surface area (TPSA) is 140 Å².